The Labute approximate surface area is 289 Å². The van der Waals surface area contributed by atoms with Gasteiger partial charge < -0.3 is 49.6 Å². The Morgan fingerprint density at radius 3 is 1.90 bits per heavy atom. The van der Waals surface area contributed by atoms with Crippen LogP contribution in [0.4, 0.5) is 0 Å². The van der Waals surface area contributed by atoms with Gasteiger partial charge in [-0.2, -0.15) is 0 Å². The number of carboxylic acid groups (broad SMARTS) is 4. The summed E-state index contributed by atoms with van der Waals surface area (Å²) >= 11 is 0. The molecule has 0 saturated carbocycles. The topological polar surface area (TPSA) is 249 Å². The molecule has 258 valence electrons. The molecule has 49 heavy (non-hydrogen) atoms. The number of ketones is 2. The molecule has 14 nitrogen and oxygen atoms in total. The molecule has 5 heterocycles. The summed E-state index contributed by atoms with van der Waals surface area (Å²) in [5, 5.41) is 46.5. The van der Waals surface area contributed by atoms with Crippen LogP contribution in [0.3, 0.4) is 0 Å². The maximum Gasteiger partial charge on any atom is 0.193 e. The Bertz CT molecular complexity index is 2060. The molecule has 3 aliphatic heterocycles. The number of carbonyl (C=O) groups excluding carboxylic acids is 6. The predicted octanol–water partition coefficient (Wildman–Crippen LogP) is -1.69. The quantitative estimate of drug-likeness (QED) is 0.250. The van der Waals surface area contributed by atoms with Crippen molar-refractivity contribution >= 4 is 57.6 Å². The van der Waals surface area contributed by atoms with Crippen molar-refractivity contribution in [2.45, 2.75) is 77.0 Å². The van der Waals surface area contributed by atoms with Gasteiger partial charge in [-0.1, -0.05) is 35.0 Å². The van der Waals surface area contributed by atoms with Crippen molar-refractivity contribution in [2.24, 2.45) is 0 Å². The van der Waals surface area contributed by atoms with E-state index in [4.69, 9.17) is 0 Å². The van der Waals surface area contributed by atoms with Crippen molar-refractivity contribution < 1.29 is 66.3 Å². The minimum atomic E-state index is -1.79. The van der Waals surface area contributed by atoms with E-state index in [1.54, 1.807) is 19.9 Å². The number of hydrogen-bond acceptors (Lipinski definition) is 12. The van der Waals surface area contributed by atoms with Crippen LogP contribution in [-0.4, -0.2) is 45.4 Å². The average Bonchev–Trinajstić information content (AvgIpc) is 3.58. The maximum absolute atomic E-state index is 13.8. The van der Waals surface area contributed by atoms with Crippen molar-refractivity contribution in [3.8, 4) is 0 Å². The molecule has 2 aromatic heterocycles. The summed E-state index contributed by atoms with van der Waals surface area (Å²) in [7, 11) is 0. The monoisotopic (exact) mass is 708 g/mol. The first-order valence-corrected chi connectivity index (χ1v) is 15.0. The molecule has 8 bridgehead atoms. The number of aryl methyl sites for hydroxylation is 2. The van der Waals surface area contributed by atoms with Crippen LogP contribution in [0.25, 0.3) is 22.2 Å². The Kier molecular flexibility index (Phi) is 10.0. The van der Waals surface area contributed by atoms with E-state index in [9.17, 15) is 49.2 Å². The van der Waals surface area contributed by atoms with E-state index in [2.05, 4.69) is 19.9 Å². The number of aromatic nitrogens is 4. The van der Waals surface area contributed by atoms with Crippen LogP contribution >= 0.6 is 0 Å². The average molecular weight is 708 g/mol. The van der Waals surface area contributed by atoms with Gasteiger partial charge in [-0.05, 0) is 70.6 Å². The van der Waals surface area contributed by atoms with Gasteiger partial charge in [0.05, 0.1) is 22.5 Å². The van der Waals surface area contributed by atoms with E-state index in [1.807, 2.05) is 0 Å². The van der Waals surface area contributed by atoms with Crippen molar-refractivity contribution in [2.75, 3.05) is 0 Å². The standard InChI is InChI=1S/C34H34N4O10.Fe/c1-15-17(5-7-27(39)40)21-10-22-18(6-8-28(41)42)16(2)20(36-22)11-25-33(3,13-29(43)44)32(48)24(38-25)12-26-34(4,14-30(45)46)31(47)23(37-26)9-19(15)35-21;/h9-12H,5-8,13-14H2,1-4H3,(H6,35,36,37,38,39,40,41,42,43,44,45,46,47,48);/p-6/t33-,34-;/m1./s1. The summed E-state index contributed by atoms with van der Waals surface area (Å²) in [4.78, 5) is 92.2. The molecule has 0 spiro atoms. The largest absolute Gasteiger partial charge is 0.657 e. The first kappa shape index (κ1) is 36.7. The molecule has 0 unspecified atom stereocenters. The summed E-state index contributed by atoms with van der Waals surface area (Å²) < 4.78 is 0. The van der Waals surface area contributed by atoms with E-state index in [0.717, 1.165) is 6.07 Å². The fraction of sp³-hybridized carbons (Fsp3) is 0.353. The normalized spacial score (nSPS) is 19.3. The molecule has 15 heteroatoms. The maximum atomic E-state index is 13.8. The first-order valence-electron chi connectivity index (χ1n) is 15.0. The van der Waals surface area contributed by atoms with Gasteiger partial charge in [0.1, 0.15) is 11.5 Å². The number of Topliss-reactive ketones (excluding diaryl/α,β-unsaturated/α-hetero) is 2. The molecule has 0 N–H and O–H groups in total. The zero-order chi connectivity index (χ0) is 35.3. The summed E-state index contributed by atoms with van der Waals surface area (Å²) in [5.74, 6) is -7.20. The van der Waals surface area contributed by atoms with E-state index in [-0.39, 0.29) is 87.9 Å². The number of rotatable bonds is 10. The molecule has 5 rings (SSSR count). The third kappa shape index (κ3) is 6.76. The first-order chi connectivity index (χ1) is 22.4. The second-order valence-corrected chi connectivity index (χ2v) is 12.5. The van der Waals surface area contributed by atoms with Crippen molar-refractivity contribution in [1.82, 2.24) is 19.9 Å². The van der Waals surface area contributed by atoms with Gasteiger partial charge >= 0.3 is 0 Å². The van der Waals surface area contributed by atoms with Crippen LogP contribution in [0.2, 0.25) is 0 Å². The number of allylic oxidation sites excluding steroid dienone is 2. The van der Waals surface area contributed by atoms with Gasteiger partial charge in [0.2, 0.25) is 0 Å². The van der Waals surface area contributed by atoms with Gasteiger partial charge in [0, 0.05) is 59.2 Å². The molecule has 0 saturated heterocycles. The molecule has 3 aliphatic rings. The second kappa shape index (κ2) is 13.4. The van der Waals surface area contributed by atoms with E-state index >= 15 is 0 Å². The van der Waals surface area contributed by atoms with Crippen LogP contribution in [0, 0.1) is 6.92 Å². The summed E-state index contributed by atoms with van der Waals surface area (Å²) in [6.07, 6.45) is -2.33. The van der Waals surface area contributed by atoms with Crippen LogP contribution in [-0.2, 0) is 53.5 Å². The zero-order valence-corrected chi connectivity index (χ0v) is 27.9. The smallest absolute Gasteiger partial charge is 0.193 e. The van der Waals surface area contributed by atoms with Gasteiger partial charge in [-0.3, -0.25) is 9.59 Å². The number of carboxylic acids is 4. The van der Waals surface area contributed by atoms with Crippen LogP contribution in [0.1, 0.15) is 108 Å². The van der Waals surface area contributed by atoms with Crippen LogP contribution in [0.5, 0.6) is 0 Å². The number of carbonyl (C=O) groups is 6. The van der Waals surface area contributed by atoms with Crippen molar-refractivity contribution in [1.29, 1.82) is 0 Å². The molecule has 0 aromatic carbocycles. The number of nitrogens with zero attached hydrogens (tertiary/aromatic N) is 4. The third-order valence-electron chi connectivity index (χ3n) is 9.10. The molecule has 0 aliphatic carbocycles. The summed E-state index contributed by atoms with van der Waals surface area (Å²) in [5.41, 5.74) is -1.18. The second-order valence-electron chi connectivity index (χ2n) is 12.5. The third-order valence-corrected chi connectivity index (χ3v) is 9.10. The SMILES string of the molecule is CC1=C(CCC(=O)[O-])c2cc3[n-]c(cc4nc(cc5[n-]c(cc1n2)[C@@](C)(CC(=O)[O-])C5=O)[C@@](C)(CC(=O)[O-])C4=O)c(C)c3CCC(=O)[O-].[Fe]. The molecule has 0 fully saturated rings. The summed E-state index contributed by atoms with van der Waals surface area (Å²) in [6.45, 7) is 6.01. The molecule has 0 amide bonds. The Morgan fingerprint density at radius 1 is 0.694 bits per heavy atom. The van der Waals surface area contributed by atoms with Gasteiger partial charge in [-0.25, -0.2) is 9.97 Å². The van der Waals surface area contributed by atoms with Crippen LogP contribution in [0.15, 0.2) is 24.3 Å². The van der Waals surface area contributed by atoms with Crippen molar-refractivity contribution in [3.05, 3.63) is 69.6 Å². The molecule has 2 atom stereocenters. The van der Waals surface area contributed by atoms with Gasteiger partial charge in [0.25, 0.3) is 0 Å². The molecular weight excluding hydrogens is 680 g/mol. The fourth-order valence-electron chi connectivity index (χ4n) is 6.28. The Hall–Kier alpha value is -5.14. The Morgan fingerprint density at radius 2 is 1.29 bits per heavy atom. The minimum Gasteiger partial charge on any atom is -0.657 e. The number of fused-ring (bicyclic) bond motifs is 8. The fourth-order valence-corrected chi connectivity index (χ4v) is 6.28. The number of hydrogen-bond donors (Lipinski definition) is 0. The molecule has 0 radical (unpaired) electrons. The Balaban J connectivity index is 0.00000541. The zero-order valence-electron chi connectivity index (χ0n) is 26.8. The molecular formula is C34H28FeN4O10-6. The van der Waals surface area contributed by atoms with Crippen LogP contribution < -0.4 is 30.4 Å². The summed E-state index contributed by atoms with van der Waals surface area (Å²) in [6, 6.07) is 5.43. The minimum absolute atomic E-state index is 0. The van der Waals surface area contributed by atoms with E-state index < -0.39 is 59.1 Å². The number of aliphatic carboxylic acids is 4. The molecule has 2 aromatic rings. The van der Waals surface area contributed by atoms with Gasteiger partial charge in [-0.15, -0.1) is 16.7 Å². The van der Waals surface area contributed by atoms with Crippen molar-refractivity contribution in [3.63, 3.8) is 0 Å². The van der Waals surface area contributed by atoms with Gasteiger partial charge in [0.15, 0.2) is 5.78 Å². The van der Waals surface area contributed by atoms with E-state index in [0.29, 0.717) is 22.3 Å². The predicted molar refractivity (Wildman–Crippen MR) is 158 cm³/mol. The van der Waals surface area contributed by atoms with E-state index in [1.165, 1.54) is 26.0 Å².